The number of benzene rings is 1. The van der Waals surface area contributed by atoms with Crippen LogP contribution in [0.4, 0.5) is 0 Å². The molecule has 0 saturated carbocycles. The second-order valence-corrected chi connectivity index (χ2v) is 5.56. The van der Waals surface area contributed by atoms with Gasteiger partial charge < -0.3 is 9.84 Å². The molecule has 0 fully saturated rings. The molecular weight excluding hydrogens is 288 g/mol. The average Bonchev–Trinajstić information content (AvgIpc) is 2.87. The smallest absolute Gasteiger partial charge is 0.0977 e. The van der Waals surface area contributed by atoms with Crippen molar-refractivity contribution in [3.63, 3.8) is 0 Å². The molecule has 1 N–H and O–H groups in total. The van der Waals surface area contributed by atoms with Crippen LogP contribution in [0.15, 0.2) is 36.5 Å². The Morgan fingerprint density at radius 3 is 2.71 bits per heavy atom. The summed E-state index contributed by atoms with van der Waals surface area (Å²) in [6.07, 6.45) is 1.53. The van der Waals surface area contributed by atoms with Gasteiger partial charge >= 0.3 is 0 Å². The molecule has 114 valence electrons. The predicted octanol–water partition coefficient (Wildman–Crippen LogP) is 3.41. The Labute approximate surface area is 130 Å². The Morgan fingerprint density at radius 1 is 1.33 bits per heavy atom. The topological polar surface area (TPSA) is 47.3 Å². The van der Waals surface area contributed by atoms with Gasteiger partial charge in [0, 0.05) is 7.11 Å². The van der Waals surface area contributed by atoms with Crippen molar-refractivity contribution in [2.75, 3.05) is 13.7 Å². The fourth-order valence-corrected chi connectivity index (χ4v) is 2.69. The maximum absolute atomic E-state index is 10.5. The van der Waals surface area contributed by atoms with Gasteiger partial charge in [0.05, 0.1) is 36.2 Å². The number of hydrogen-bond acceptors (Lipinski definition) is 3. The molecule has 0 amide bonds. The van der Waals surface area contributed by atoms with E-state index in [-0.39, 0.29) is 5.92 Å². The summed E-state index contributed by atoms with van der Waals surface area (Å²) in [6.45, 7) is 3.21. The fraction of sp³-hybridized carbons (Fsp3) is 0.438. The number of halogens is 1. The van der Waals surface area contributed by atoms with E-state index >= 15 is 0 Å². The van der Waals surface area contributed by atoms with Crippen molar-refractivity contribution in [3.05, 3.63) is 52.8 Å². The molecule has 2 aromatic rings. The SMILES string of the molecule is COCCn1ncc(Cl)c1C(O)CC(C)c1ccccc1. The highest BCUT2D eigenvalue weighted by Gasteiger charge is 2.21. The molecule has 0 aliphatic heterocycles. The number of nitrogens with zero attached hydrogens (tertiary/aromatic N) is 2. The van der Waals surface area contributed by atoms with E-state index in [9.17, 15) is 5.11 Å². The monoisotopic (exact) mass is 308 g/mol. The Morgan fingerprint density at radius 2 is 2.05 bits per heavy atom. The van der Waals surface area contributed by atoms with Gasteiger partial charge in [0.25, 0.3) is 0 Å². The molecule has 0 aliphatic carbocycles. The first kappa shape index (κ1) is 16.0. The van der Waals surface area contributed by atoms with Crippen LogP contribution < -0.4 is 0 Å². The highest BCUT2D eigenvalue weighted by molar-refractivity contribution is 6.31. The van der Waals surface area contributed by atoms with Crippen LogP contribution in [0.3, 0.4) is 0 Å². The van der Waals surface area contributed by atoms with E-state index in [2.05, 4.69) is 24.2 Å². The summed E-state index contributed by atoms with van der Waals surface area (Å²) in [4.78, 5) is 0. The number of aliphatic hydroxyl groups excluding tert-OH is 1. The summed E-state index contributed by atoms with van der Waals surface area (Å²) in [5.74, 6) is 0.239. The first-order chi connectivity index (χ1) is 10.1. The molecule has 0 radical (unpaired) electrons. The third kappa shape index (κ3) is 4.06. The molecule has 0 aliphatic rings. The van der Waals surface area contributed by atoms with Crippen molar-refractivity contribution in [1.82, 2.24) is 9.78 Å². The zero-order valence-corrected chi connectivity index (χ0v) is 13.1. The molecule has 4 nitrogen and oxygen atoms in total. The lowest BCUT2D eigenvalue weighted by atomic mass is 9.94. The molecule has 1 aromatic carbocycles. The molecular formula is C16H21ClN2O2. The van der Waals surface area contributed by atoms with E-state index in [0.717, 1.165) is 0 Å². The van der Waals surface area contributed by atoms with Crippen molar-refractivity contribution in [2.45, 2.75) is 31.9 Å². The highest BCUT2D eigenvalue weighted by Crippen LogP contribution is 2.31. The van der Waals surface area contributed by atoms with Crippen LogP contribution in [0.2, 0.25) is 5.02 Å². The maximum atomic E-state index is 10.5. The predicted molar refractivity (Wildman–Crippen MR) is 83.5 cm³/mol. The van der Waals surface area contributed by atoms with Crippen LogP contribution in [0.5, 0.6) is 0 Å². The molecule has 2 rings (SSSR count). The summed E-state index contributed by atoms with van der Waals surface area (Å²) < 4.78 is 6.77. The largest absolute Gasteiger partial charge is 0.387 e. The Kier molecular flexibility index (Phi) is 5.79. The number of methoxy groups -OCH3 is 1. The highest BCUT2D eigenvalue weighted by atomic mass is 35.5. The maximum Gasteiger partial charge on any atom is 0.0977 e. The summed E-state index contributed by atoms with van der Waals surface area (Å²) in [5.41, 5.74) is 1.87. The van der Waals surface area contributed by atoms with Gasteiger partial charge in [-0.05, 0) is 17.9 Å². The van der Waals surface area contributed by atoms with Crippen LogP contribution in [0.1, 0.15) is 36.6 Å². The first-order valence-corrected chi connectivity index (χ1v) is 7.44. The lowest BCUT2D eigenvalue weighted by Crippen LogP contribution is -2.14. The number of hydrogen-bond donors (Lipinski definition) is 1. The van der Waals surface area contributed by atoms with E-state index in [1.807, 2.05) is 18.2 Å². The molecule has 2 unspecified atom stereocenters. The lowest BCUT2D eigenvalue weighted by molar-refractivity contribution is 0.140. The number of aliphatic hydroxyl groups is 1. The van der Waals surface area contributed by atoms with Gasteiger partial charge in [0.1, 0.15) is 0 Å². The van der Waals surface area contributed by atoms with Crippen molar-refractivity contribution in [2.24, 2.45) is 0 Å². The van der Waals surface area contributed by atoms with Crippen LogP contribution in [0, 0.1) is 0 Å². The second kappa shape index (κ2) is 7.59. The van der Waals surface area contributed by atoms with Crippen molar-refractivity contribution in [3.8, 4) is 0 Å². The minimum Gasteiger partial charge on any atom is -0.387 e. The van der Waals surface area contributed by atoms with Crippen LogP contribution in [-0.4, -0.2) is 28.6 Å². The molecule has 21 heavy (non-hydrogen) atoms. The fourth-order valence-electron chi connectivity index (χ4n) is 2.42. The van der Waals surface area contributed by atoms with Gasteiger partial charge in [-0.1, -0.05) is 48.9 Å². The third-order valence-electron chi connectivity index (χ3n) is 3.60. The first-order valence-electron chi connectivity index (χ1n) is 7.06. The van der Waals surface area contributed by atoms with E-state index < -0.39 is 6.10 Å². The summed E-state index contributed by atoms with van der Waals surface area (Å²) in [6, 6.07) is 10.1. The second-order valence-electron chi connectivity index (χ2n) is 5.16. The zero-order valence-electron chi connectivity index (χ0n) is 12.4. The van der Waals surface area contributed by atoms with Gasteiger partial charge in [0.2, 0.25) is 0 Å². The van der Waals surface area contributed by atoms with Crippen molar-refractivity contribution >= 4 is 11.6 Å². The molecule has 1 aromatic heterocycles. The minimum atomic E-state index is -0.646. The van der Waals surface area contributed by atoms with Crippen LogP contribution >= 0.6 is 11.6 Å². The van der Waals surface area contributed by atoms with Crippen LogP contribution in [-0.2, 0) is 11.3 Å². The summed E-state index contributed by atoms with van der Waals surface area (Å²) in [5, 5.41) is 15.2. The number of ether oxygens (including phenoxy) is 1. The van der Waals surface area contributed by atoms with Gasteiger partial charge in [-0.15, -0.1) is 0 Å². The van der Waals surface area contributed by atoms with Gasteiger partial charge in [-0.25, -0.2) is 0 Å². The van der Waals surface area contributed by atoms with E-state index in [1.165, 1.54) is 5.56 Å². The minimum absolute atomic E-state index is 0.239. The van der Waals surface area contributed by atoms with Crippen molar-refractivity contribution < 1.29 is 9.84 Å². The lowest BCUT2D eigenvalue weighted by Gasteiger charge is -2.18. The van der Waals surface area contributed by atoms with E-state index in [0.29, 0.717) is 30.3 Å². The summed E-state index contributed by atoms with van der Waals surface area (Å²) in [7, 11) is 1.64. The van der Waals surface area contributed by atoms with Gasteiger partial charge in [-0.2, -0.15) is 5.10 Å². The third-order valence-corrected chi connectivity index (χ3v) is 3.89. The quantitative estimate of drug-likeness (QED) is 0.852. The van der Waals surface area contributed by atoms with Gasteiger partial charge in [-0.3, -0.25) is 4.68 Å². The Bertz CT molecular complexity index is 557. The van der Waals surface area contributed by atoms with Crippen molar-refractivity contribution in [1.29, 1.82) is 0 Å². The molecule has 1 heterocycles. The molecule has 5 heteroatoms. The molecule has 0 bridgehead atoms. The van der Waals surface area contributed by atoms with Gasteiger partial charge in [0.15, 0.2) is 0 Å². The Balaban J connectivity index is 2.09. The van der Waals surface area contributed by atoms with E-state index in [4.69, 9.17) is 16.3 Å². The standard InChI is InChI=1S/C16H21ClN2O2/c1-12(13-6-4-3-5-7-13)10-15(20)16-14(17)11-18-19(16)8-9-21-2/h3-7,11-12,15,20H,8-10H2,1-2H3. The Hall–Kier alpha value is -1.36. The normalized spacial score (nSPS) is 14.1. The molecule has 0 spiro atoms. The van der Waals surface area contributed by atoms with Crippen LogP contribution in [0.25, 0.3) is 0 Å². The average molecular weight is 309 g/mol. The van der Waals surface area contributed by atoms with E-state index in [1.54, 1.807) is 18.0 Å². The summed E-state index contributed by atoms with van der Waals surface area (Å²) >= 11 is 6.16. The molecule has 0 saturated heterocycles. The number of aromatic nitrogens is 2. The number of rotatable bonds is 7. The zero-order chi connectivity index (χ0) is 15.2. The molecule has 2 atom stereocenters.